The molecule has 0 aliphatic rings. The second-order valence-electron chi connectivity index (χ2n) is 4.71. The van der Waals surface area contributed by atoms with Crippen molar-refractivity contribution >= 4 is 22.4 Å². The maximum Gasteiger partial charge on any atom is 0.275 e. The first-order valence-electron chi connectivity index (χ1n) is 6.73. The molecular weight excluding hydrogens is 272 g/mol. The minimum atomic E-state index is -0.296. The summed E-state index contributed by atoms with van der Waals surface area (Å²) >= 11 is 6.21. The molecule has 3 aromatic rings. The highest BCUT2D eigenvalue weighted by Gasteiger charge is 2.15. The molecule has 0 atom stereocenters. The zero-order valence-corrected chi connectivity index (χ0v) is 11.9. The Kier molecular flexibility index (Phi) is 2.78. The Bertz CT molecular complexity index is 918. The van der Waals surface area contributed by atoms with Gasteiger partial charge in [0.05, 0.1) is 18.1 Å². The van der Waals surface area contributed by atoms with Crippen LogP contribution in [0.4, 0.5) is 0 Å². The summed E-state index contributed by atoms with van der Waals surface area (Å²) in [4.78, 5) is 12.5. The van der Waals surface area contributed by atoms with Crippen molar-refractivity contribution in [2.75, 3.05) is 0 Å². The summed E-state index contributed by atoms with van der Waals surface area (Å²) in [6.45, 7) is 1.93. The average molecular weight is 286 g/mol. The Morgan fingerprint density at radius 3 is 2.75 bits per heavy atom. The lowest BCUT2D eigenvalue weighted by atomic mass is 9.95. The van der Waals surface area contributed by atoms with Gasteiger partial charge in [0.1, 0.15) is 0 Å². The molecule has 0 amide bonds. The molecule has 100 valence electrons. The smallest absolute Gasteiger partial charge is 0.267 e. The molecule has 1 aromatic heterocycles. The predicted molar refractivity (Wildman–Crippen MR) is 82.2 cm³/mol. The van der Waals surface area contributed by atoms with Gasteiger partial charge in [0, 0.05) is 7.05 Å². The molecule has 3 rings (SSSR count). The van der Waals surface area contributed by atoms with E-state index in [1.165, 1.54) is 7.05 Å². The maximum atomic E-state index is 12.5. The monoisotopic (exact) mass is 285 g/mol. The second kappa shape index (κ2) is 4.76. The first-order valence-corrected chi connectivity index (χ1v) is 6.60. The molecule has 0 saturated heterocycles. The van der Waals surface area contributed by atoms with Crippen LogP contribution >= 0.6 is 11.6 Å². The van der Waals surface area contributed by atoms with Crippen LogP contribution in [-0.4, -0.2) is 9.78 Å². The van der Waals surface area contributed by atoms with Crippen molar-refractivity contribution in [3.8, 4) is 11.1 Å². The molecule has 0 radical (unpaired) electrons. The van der Waals surface area contributed by atoms with Crippen LogP contribution in [0, 0.1) is 6.92 Å². The fourth-order valence-electron chi connectivity index (χ4n) is 2.40. The van der Waals surface area contributed by atoms with E-state index in [0.717, 1.165) is 26.6 Å². The lowest BCUT2D eigenvalue weighted by Gasteiger charge is -2.12. The standard InChI is InChI=1S/C16H13ClN2O/c1-10-7-8-11-5-3-4-6-12(11)14(10)15-13(17)9-18-19(2)16(15)20/h3-9H,1-2H3/i9D. The number of hydrogen-bond acceptors (Lipinski definition) is 2. The van der Waals surface area contributed by atoms with Gasteiger partial charge in [-0.3, -0.25) is 4.79 Å². The largest absolute Gasteiger partial charge is 0.275 e. The summed E-state index contributed by atoms with van der Waals surface area (Å²) in [5.41, 5.74) is 1.76. The molecule has 0 N–H and O–H groups in total. The van der Waals surface area contributed by atoms with Gasteiger partial charge in [-0.25, -0.2) is 4.68 Å². The van der Waals surface area contributed by atoms with Crippen molar-refractivity contribution in [2.24, 2.45) is 7.05 Å². The first kappa shape index (κ1) is 11.7. The minimum absolute atomic E-state index is 0.0950. The molecule has 0 fully saturated rings. The zero-order valence-electron chi connectivity index (χ0n) is 12.1. The van der Waals surface area contributed by atoms with E-state index in [0.29, 0.717) is 5.56 Å². The molecule has 3 nitrogen and oxygen atoms in total. The number of aryl methyl sites for hydroxylation is 2. The van der Waals surface area contributed by atoms with E-state index in [1.807, 2.05) is 43.3 Å². The van der Waals surface area contributed by atoms with Crippen molar-refractivity contribution in [1.29, 1.82) is 0 Å². The molecule has 20 heavy (non-hydrogen) atoms. The van der Waals surface area contributed by atoms with Crippen LogP contribution in [0.1, 0.15) is 6.93 Å². The average Bonchev–Trinajstić information content (AvgIpc) is 2.47. The molecule has 0 unspecified atom stereocenters. The number of hydrogen-bond donors (Lipinski definition) is 0. The van der Waals surface area contributed by atoms with Crippen molar-refractivity contribution in [1.82, 2.24) is 9.78 Å². The number of nitrogens with zero attached hydrogens (tertiary/aromatic N) is 2. The number of benzene rings is 2. The summed E-state index contributed by atoms with van der Waals surface area (Å²) in [5, 5.41) is 5.88. The maximum absolute atomic E-state index is 12.5. The van der Waals surface area contributed by atoms with Gasteiger partial charge in [0.2, 0.25) is 0 Å². The highest BCUT2D eigenvalue weighted by atomic mass is 35.5. The molecule has 0 saturated carbocycles. The Morgan fingerprint density at radius 1 is 1.20 bits per heavy atom. The van der Waals surface area contributed by atoms with E-state index in [-0.39, 0.29) is 16.8 Å². The number of halogens is 1. The van der Waals surface area contributed by atoms with Crippen molar-refractivity contribution in [3.05, 3.63) is 63.5 Å². The molecule has 2 aromatic carbocycles. The lowest BCUT2D eigenvalue weighted by Crippen LogP contribution is -2.21. The van der Waals surface area contributed by atoms with E-state index in [9.17, 15) is 4.79 Å². The van der Waals surface area contributed by atoms with Crippen LogP contribution in [-0.2, 0) is 7.05 Å². The molecule has 0 aliphatic heterocycles. The zero-order chi connectivity index (χ0) is 15.1. The van der Waals surface area contributed by atoms with Crippen molar-refractivity contribution < 1.29 is 1.37 Å². The van der Waals surface area contributed by atoms with E-state index >= 15 is 0 Å². The van der Waals surface area contributed by atoms with Crippen LogP contribution in [0.2, 0.25) is 5.02 Å². The van der Waals surface area contributed by atoms with Gasteiger partial charge in [-0.15, -0.1) is 0 Å². The molecule has 1 heterocycles. The number of fused-ring (bicyclic) bond motifs is 1. The Labute approximate surface area is 122 Å². The molecule has 0 aliphatic carbocycles. The van der Waals surface area contributed by atoms with Gasteiger partial charge < -0.3 is 0 Å². The van der Waals surface area contributed by atoms with Crippen LogP contribution < -0.4 is 5.56 Å². The summed E-state index contributed by atoms with van der Waals surface area (Å²) in [5.74, 6) is 0. The Hall–Kier alpha value is -2.13. The van der Waals surface area contributed by atoms with Gasteiger partial charge >= 0.3 is 0 Å². The van der Waals surface area contributed by atoms with Gasteiger partial charge in [0.25, 0.3) is 5.56 Å². The van der Waals surface area contributed by atoms with Crippen LogP contribution in [0.25, 0.3) is 21.9 Å². The summed E-state index contributed by atoms with van der Waals surface area (Å²) < 4.78 is 8.98. The second-order valence-corrected chi connectivity index (χ2v) is 5.09. The van der Waals surface area contributed by atoms with Crippen molar-refractivity contribution in [2.45, 2.75) is 6.92 Å². The lowest BCUT2D eigenvalue weighted by molar-refractivity contribution is 0.710. The molecular formula is C16H13ClN2O. The van der Waals surface area contributed by atoms with E-state index in [2.05, 4.69) is 5.10 Å². The van der Waals surface area contributed by atoms with Crippen LogP contribution in [0.3, 0.4) is 0 Å². The van der Waals surface area contributed by atoms with Gasteiger partial charge in [0.15, 0.2) is 0 Å². The number of aromatic nitrogens is 2. The normalized spacial score (nSPS) is 11.7. The highest BCUT2D eigenvalue weighted by Crippen LogP contribution is 2.33. The third-order valence-electron chi connectivity index (χ3n) is 3.41. The van der Waals surface area contributed by atoms with E-state index in [4.69, 9.17) is 13.0 Å². The van der Waals surface area contributed by atoms with Crippen LogP contribution in [0.5, 0.6) is 0 Å². The molecule has 4 heteroatoms. The van der Waals surface area contributed by atoms with E-state index in [1.54, 1.807) is 0 Å². The van der Waals surface area contributed by atoms with Gasteiger partial charge in [-0.2, -0.15) is 5.10 Å². The molecule has 0 spiro atoms. The molecule has 0 bridgehead atoms. The fraction of sp³-hybridized carbons (Fsp3) is 0.125. The third kappa shape index (κ3) is 1.91. The third-order valence-corrected chi connectivity index (χ3v) is 3.69. The number of rotatable bonds is 1. The summed E-state index contributed by atoms with van der Waals surface area (Å²) in [6.07, 6.45) is -0.0962. The van der Waals surface area contributed by atoms with Gasteiger partial charge in [-0.05, 0) is 28.8 Å². The first-order chi connectivity index (χ1) is 10.0. The predicted octanol–water partition coefficient (Wildman–Crippen LogP) is 3.56. The summed E-state index contributed by atoms with van der Waals surface area (Å²) in [7, 11) is 1.53. The van der Waals surface area contributed by atoms with E-state index < -0.39 is 0 Å². The highest BCUT2D eigenvalue weighted by molar-refractivity contribution is 6.33. The minimum Gasteiger partial charge on any atom is -0.267 e. The SMILES string of the molecule is [2H]c1nn(C)c(=O)c(-c2c(C)ccc3ccccc23)c1Cl. The van der Waals surface area contributed by atoms with Crippen LogP contribution in [0.15, 0.2) is 47.4 Å². The quantitative estimate of drug-likeness (QED) is 0.685. The Balaban J connectivity index is 2.53. The van der Waals surface area contributed by atoms with Gasteiger partial charge in [-0.1, -0.05) is 48.0 Å². The fourth-order valence-corrected chi connectivity index (χ4v) is 2.62. The Morgan fingerprint density at radius 2 is 1.95 bits per heavy atom. The van der Waals surface area contributed by atoms with Crippen molar-refractivity contribution in [3.63, 3.8) is 0 Å². The topological polar surface area (TPSA) is 34.9 Å². The summed E-state index contributed by atoms with van der Waals surface area (Å²) in [6, 6.07) is 11.8.